The fourth-order valence-corrected chi connectivity index (χ4v) is 8.34. The number of amides is 5. The van der Waals surface area contributed by atoms with Gasteiger partial charge >= 0.3 is 0 Å². The van der Waals surface area contributed by atoms with Crippen LogP contribution in [-0.4, -0.2) is 86.9 Å². The van der Waals surface area contributed by atoms with Crippen molar-refractivity contribution in [1.82, 2.24) is 36.1 Å². The summed E-state index contributed by atoms with van der Waals surface area (Å²) < 4.78 is 0. The molecule has 2 saturated carbocycles. The zero-order valence-corrected chi connectivity index (χ0v) is 30.4. The molecule has 8 atom stereocenters. The molecule has 2 aliphatic carbocycles. The summed E-state index contributed by atoms with van der Waals surface area (Å²) in [6.07, 6.45) is 11.4. The van der Waals surface area contributed by atoms with E-state index >= 15 is 0 Å². The number of nitrogens with one attached hydrogen (secondary N) is 4. The summed E-state index contributed by atoms with van der Waals surface area (Å²) in [6.45, 7) is 11.7. The average Bonchev–Trinajstić information content (AvgIpc) is 3.65. The molecule has 0 radical (unpaired) electrons. The van der Waals surface area contributed by atoms with Gasteiger partial charge in [-0.2, -0.15) is 0 Å². The largest absolute Gasteiger partial charge is 0.347 e. The highest BCUT2D eigenvalue weighted by atomic mass is 16.2. The third-order valence-electron chi connectivity index (χ3n) is 11.5. The maximum absolute atomic E-state index is 14.6. The normalized spacial score (nSPS) is 27.2. The molecule has 50 heavy (non-hydrogen) atoms. The van der Waals surface area contributed by atoms with Crippen LogP contribution in [0.2, 0.25) is 0 Å². The number of hydrogen-bond acceptors (Lipinski definition) is 8. The van der Waals surface area contributed by atoms with Gasteiger partial charge in [0.05, 0.1) is 12.2 Å². The minimum Gasteiger partial charge on any atom is -0.347 e. The summed E-state index contributed by atoms with van der Waals surface area (Å²) in [5.41, 5.74) is -0.640. The number of nitrogens with zero attached hydrogens (tertiary/aromatic N) is 3. The molecule has 274 valence electrons. The van der Waals surface area contributed by atoms with Gasteiger partial charge in [0.25, 0.3) is 11.8 Å². The molecule has 13 heteroatoms. The number of hydrogen-bond donors (Lipinski definition) is 4. The SMILES string of the molecule is CC(C)[C@H](C)NC(=O)C(=O)C1CCC2C[C@H]3CN(C(=O)[C@@H](NC(=O)[C@@H](NC(=O)c4cnccn4)C4CCCCC4)C(C)(C)C)[C@H](C(=O)N1)[C@H]3C2. The lowest BCUT2D eigenvalue weighted by molar-refractivity contribution is -0.146. The number of carbonyl (C=O) groups is 6. The van der Waals surface area contributed by atoms with Crippen molar-refractivity contribution >= 4 is 35.3 Å². The number of ketones is 1. The third-order valence-corrected chi connectivity index (χ3v) is 11.5. The Labute approximate surface area is 295 Å². The molecular weight excluding hydrogens is 638 g/mol. The molecule has 1 aromatic heterocycles. The van der Waals surface area contributed by atoms with Crippen LogP contribution < -0.4 is 21.3 Å². The molecule has 2 aliphatic heterocycles. The summed E-state index contributed by atoms with van der Waals surface area (Å²) in [7, 11) is 0. The highest BCUT2D eigenvalue weighted by molar-refractivity contribution is 6.38. The molecule has 4 fully saturated rings. The standard InChI is InChI=1S/C37H55N7O6/c1-20(2)21(3)40-35(49)30(45)26-13-12-22-16-24-19-44(29(25(24)17-22)34(48)41-26)36(50)31(37(4,5)6)43-33(47)28(23-10-8-7-9-11-23)42-32(46)27-18-38-14-15-39-27/h14-15,18,20-26,28-29,31H,7-13,16-17,19H2,1-6H3,(H,40,49)(H,41,48)(H,42,46)(H,43,47)/t21-,22?,24-,25-,26?,28-,29-,31+/m0/s1. The van der Waals surface area contributed by atoms with Crippen molar-refractivity contribution in [2.75, 3.05) is 6.54 Å². The van der Waals surface area contributed by atoms with Crippen LogP contribution in [0.15, 0.2) is 18.6 Å². The number of rotatable bonds is 10. The van der Waals surface area contributed by atoms with Gasteiger partial charge in [-0.3, -0.25) is 33.8 Å². The van der Waals surface area contributed by atoms with Gasteiger partial charge in [0.1, 0.15) is 23.8 Å². The van der Waals surface area contributed by atoms with Crippen LogP contribution >= 0.6 is 0 Å². The zero-order valence-electron chi connectivity index (χ0n) is 30.4. The summed E-state index contributed by atoms with van der Waals surface area (Å²) in [4.78, 5) is 92.0. The van der Waals surface area contributed by atoms with Crippen LogP contribution in [0.1, 0.15) is 110 Å². The maximum atomic E-state index is 14.6. The van der Waals surface area contributed by atoms with Gasteiger partial charge in [0, 0.05) is 25.0 Å². The van der Waals surface area contributed by atoms with Crippen molar-refractivity contribution in [3.63, 3.8) is 0 Å². The maximum Gasteiger partial charge on any atom is 0.289 e. The fourth-order valence-electron chi connectivity index (χ4n) is 8.34. The van der Waals surface area contributed by atoms with Gasteiger partial charge in [0.2, 0.25) is 23.5 Å². The second kappa shape index (κ2) is 15.6. The Hall–Kier alpha value is -3.90. The first-order chi connectivity index (χ1) is 23.6. The second-order valence-electron chi connectivity index (χ2n) is 16.5. The van der Waals surface area contributed by atoms with Crippen LogP contribution in [0.4, 0.5) is 0 Å². The Balaban J connectivity index is 1.36. The molecule has 5 amide bonds. The smallest absolute Gasteiger partial charge is 0.289 e. The topological polar surface area (TPSA) is 180 Å². The monoisotopic (exact) mass is 693 g/mol. The Morgan fingerprint density at radius 3 is 2.28 bits per heavy atom. The van der Waals surface area contributed by atoms with Gasteiger partial charge in [-0.25, -0.2) is 4.98 Å². The van der Waals surface area contributed by atoms with Gasteiger partial charge in [-0.1, -0.05) is 53.9 Å². The van der Waals surface area contributed by atoms with E-state index in [1.165, 1.54) is 18.6 Å². The molecule has 1 aromatic rings. The molecule has 3 heterocycles. The zero-order chi connectivity index (χ0) is 36.3. The lowest BCUT2D eigenvalue weighted by Gasteiger charge is -2.38. The molecule has 4 N–H and O–H groups in total. The third kappa shape index (κ3) is 8.34. The van der Waals surface area contributed by atoms with E-state index in [9.17, 15) is 28.8 Å². The van der Waals surface area contributed by atoms with E-state index < -0.39 is 59.0 Å². The highest BCUT2D eigenvalue weighted by Crippen LogP contribution is 2.48. The predicted octanol–water partition coefficient (Wildman–Crippen LogP) is 2.55. The molecular formula is C37H55N7O6. The van der Waals surface area contributed by atoms with Crippen molar-refractivity contribution < 1.29 is 28.8 Å². The van der Waals surface area contributed by atoms with Gasteiger partial charge in [-0.15, -0.1) is 0 Å². The van der Waals surface area contributed by atoms with E-state index in [2.05, 4.69) is 31.2 Å². The molecule has 2 bridgehead atoms. The number of aromatic nitrogens is 2. The summed E-state index contributed by atoms with van der Waals surface area (Å²) in [5, 5.41) is 11.5. The van der Waals surface area contributed by atoms with Crippen LogP contribution in [0.25, 0.3) is 0 Å². The van der Waals surface area contributed by atoms with Crippen LogP contribution in [0.5, 0.6) is 0 Å². The first-order valence-electron chi connectivity index (χ1n) is 18.5. The molecule has 5 rings (SSSR count). The van der Waals surface area contributed by atoms with Crippen molar-refractivity contribution in [1.29, 1.82) is 0 Å². The number of Topliss-reactive ketones (excluding diaryl/α,β-unsaturated/α-hetero) is 1. The molecule has 4 aliphatic rings. The first kappa shape index (κ1) is 37.4. The summed E-state index contributed by atoms with van der Waals surface area (Å²) in [5.74, 6) is -2.80. The van der Waals surface area contributed by atoms with E-state index in [1.54, 1.807) is 4.90 Å². The minimum absolute atomic E-state index is 0.0785. The van der Waals surface area contributed by atoms with Crippen molar-refractivity contribution in [2.24, 2.45) is 35.0 Å². The Kier molecular flexibility index (Phi) is 11.6. The number of carbonyl (C=O) groups excluding carboxylic acids is 6. The number of fused-ring (bicyclic) bond motifs is 1. The fraction of sp³-hybridized carbons (Fsp3) is 0.730. The molecule has 0 spiro atoms. The van der Waals surface area contributed by atoms with Crippen LogP contribution in [-0.2, 0) is 24.0 Å². The van der Waals surface area contributed by atoms with Gasteiger partial charge in [0.15, 0.2) is 0 Å². The van der Waals surface area contributed by atoms with E-state index in [4.69, 9.17) is 0 Å². The Bertz CT molecular complexity index is 1440. The van der Waals surface area contributed by atoms with E-state index in [0.29, 0.717) is 19.4 Å². The van der Waals surface area contributed by atoms with Crippen LogP contribution in [0, 0.1) is 35.0 Å². The summed E-state index contributed by atoms with van der Waals surface area (Å²) in [6, 6.07) is -3.89. The Morgan fingerprint density at radius 2 is 1.64 bits per heavy atom. The molecule has 13 nitrogen and oxygen atoms in total. The predicted molar refractivity (Wildman–Crippen MR) is 185 cm³/mol. The molecule has 2 saturated heterocycles. The summed E-state index contributed by atoms with van der Waals surface area (Å²) >= 11 is 0. The first-order valence-corrected chi connectivity index (χ1v) is 18.5. The lowest BCUT2D eigenvalue weighted by atomic mass is 9.82. The van der Waals surface area contributed by atoms with Crippen molar-refractivity contribution in [3.05, 3.63) is 24.3 Å². The van der Waals surface area contributed by atoms with Gasteiger partial charge in [-0.05, 0) is 80.5 Å². The van der Waals surface area contributed by atoms with Gasteiger partial charge < -0.3 is 26.2 Å². The quantitative estimate of drug-likeness (QED) is 0.270. The molecule has 2 unspecified atom stereocenters. The van der Waals surface area contributed by atoms with Crippen molar-refractivity contribution in [2.45, 2.75) is 130 Å². The van der Waals surface area contributed by atoms with Crippen molar-refractivity contribution in [3.8, 4) is 0 Å². The van der Waals surface area contributed by atoms with E-state index in [-0.39, 0.29) is 47.2 Å². The minimum atomic E-state index is -0.995. The highest BCUT2D eigenvalue weighted by Gasteiger charge is 2.55. The second-order valence-corrected chi connectivity index (χ2v) is 16.5. The van der Waals surface area contributed by atoms with E-state index in [1.807, 2.05) is 41.5 Å². The van der Waals surface area contributed by atoms with Crippen LogP contribution in [0.3, 0.4) is 0 Å². The number of likely N-dealkylation sites (tertiary alicyclic amines) is 1. The molecule has 0 aromatic carbocycles. The Morgan fingerprint density at radius 1 is 0.920 bits per heavy atom. The van der Waals surface area contributed by atoms with E-state index in [0.717, 1.165) is 44.9 Å². The lowest BCUT2D eigenvalue weighted by Crippen LogP contribution is -2.62. The average molecular weight is 694 g/mol.